The number of aryl methyl sites for hydroxylation is 2. The number of nitrogens with zero attached hydrogens (tertiary/aromatic N) is 5. The summed E-state index contributed by atoms with van der Waals surface area (Å²) >= 11 is 1.70. The second kappa shape index (κ2) is 5.53. The Morgan fingerprint density at radius 2 is 2.00 bits per heavy atom. The second-order valence-electron chi connectivity index (χ2n) is 6.12. The molecule has 0 saturated carbocycles. The molecule has 1 fully saturated rings. The molecule has 128 valence electrons. The van der Waals surface area contributed by atoms with Crippen LogP contribution < -0.4 is 4.90 Å². The number of aromatic nitrogens is 4. The molecule has 0 unspecified atom stereocenters. The van der Waals surface area contributed by atoms with Gasteiger partial charge in [-0.15, -0.1) is 16.4 Å². The largest absolute Gasteiger partial charge is 0.461 e. The van der Waals surface area contributed by atoms with Crippen molar-refractivity contribution in [2.75, 3.05) is 31.2 Å². The van der Waals surface area contributed by atoms with Crippen molar-refractivity contribution in [1.29, 1.82) is 0 Å². The van der Waals surface area contributed by atoms with Crippen molar-refractivity contribution in [3.05, 3.63) is 28.8 Å². The van der Waals surface area contributed by atoms with Gasteiger partial charge in [0, 0.05) is 18.0 Å². The molecule has 0 radical (unpaired) electrons. The fraction of sp³-hybridized carbons (Fsp3) is 0.353. The van der Waals surface area contributed by atoms with Crippen LogP contribution in [0.4, 0.5) is 5.95 Å². The van der Waals surface area contributed by atoms with Crippen molar-refractivity contribution >= 4 is 33.1 Å². The maximum Gasteiger partial charge on any atom is 0.230 e. The molecule has 4 aromatic heterocycles. The summed E-state index contributed by atoms with van der Waals surface area (Å²) in [7, 11) is 0. The number of fused-ring (bicyclic) bond motifs is 3. The van der Waals surface area contributed by atoms with Crippen LogP contribution in [0.2, 0.25) is 0 Å². The number of hydrogen-bond donors (Lipinski definition) is 0. The maximum absolute atomic E-state index is 5.49. The van der Waals surface area contributed by atoms with Gasteiger partial charge in [0.1, 0.15) is 4.83 Å². The Kier molecular flexibility index (Phi) is 3.29. The molecule has 1 saturated heterocycles. The highest BCUT2D eigenvalue weighted by Gasteiger charge is 2.23. The SMILES string of the molecule is Cc1sc2nc(N3CCOCC3)n3nc(-c4ccco4)nc3c2c1C. The average molecular weight is 355 g/mol. The Labute approximate surface area is 147 Å². The summed E-state index contributed by atoms with van der Waals surface area (Å²) in [5.41, 5.74) is 2.05. The molecule has 5 rings (SSSR count). The third kappa shape index (κ3) is 2.25. The summed E-state index contributed by atoms with van der Waals surface area (Å²) in [5, 5.41) is 5.78. The number of ether oxygens (including phenoxy) is 1. The molecule has 0 aromatic carbocycles. The predicted molar refractivity (Wildman–Crippen MR) is 96.4 cm³/mol. The normalized spacial score (nSPS) is 15.5. The van der Waals surface area contributed by atoms with E-state index in [0.29, 0.717) is 24.8 Å². The quantitative estimate of drug-likeness (QED) is 0.550. The number of anilines is 1. The van der Waals surface area contributed by atoms with Crippen molar-refractivity contribution in [2.45, 2.75) is 13.8 Å². The van der Waals surface area contributed by atoms with Crippen molar-refractivity contribution in [3.63, 3.8) is 0 Å². The molecule has 0 atom stereocenters. The Morgan fingerprint density at radius 1 is 1.16 bits per heavy atom. The minimum atomic E-state index is 0.581. The van der Waals surface area contributed by atoms with Crippen molar-refractivity contribution < 1.29 is 9.15 Å². The lowest BCUT2D eigenvalue weighted by Gasteiger charge is -2.27. The van der Waals surface area contributed by atoms with Crippen molar-refractivity contribution in [2.24, 2.45) is 0 Å². The summed E-state index contributed by atoms with van der Waals surface area (Å²) in [6.07, 6.45) is 1.64. The van der Waals surface area contributed by atoms with Crippen molar-refractivity contribution in [3.8, 4) is 11.6 Å². The molecule has 1 aliphatic rings. The van der Waals surface area contributed by atoms with Crippen LogP contribution in [0, 0.1) is 13.8 Å². The van der Waals surface area contributed by atoms with Crippen LogP contribution in [0.3, 0.4) is 0 Å². The van der Waals surface area contributed by atoms with Gasteiger partial charge < -0.3 is 14.1 Å². The third-order valence-electron chi connectivity index (χ3n) is 4.62. The van der Waals surface area contributed by atoms with E-state index in [1.165, 1.54) is 10.4 Å². The summed E-state index contributed by atoms with van der Waals surface area (Å²) < 4.78 is 12.8. The van der Waals surface area contributed by atoms with Gasteiger partial charge in [-0.05, 0) is 31.5 Å². The van der Waals surface area contributed by atoms with Gasteiger partial charge in [0.15, 0.2) is 11.4 Å². The molecule has 25 heavy (non-hydrogen) atoms. The zero-order valence-corrected chi connectivity index (χ0v) is 14.8. The number of rotatable bonds is 2. The van der Waals surface area contributed by atoms with Crippen molar-refractivity contribution in [1.82, 2.24) is 19.6 Å². The standard InChI is InChI=1S/C17H17N5O2S/c1-10-11(2)25-16-13(10)15-18-14(12-4-3-7-24-12)20-22(15)17(19-16)21-5-8-23-9-6-21/h3-4,7H,5-6,8-9H2,1-2H3. The highest BCUT2D eigenvalue weighted by molar-refractivity contribution is 7.18. The van der Waals surface area contributed by atoms with E-state index in [1.54, 1.807) is 17.6 Å². The van der Waals surface area contributed by atoms with Crippen LogP contribution in [-0.4, -0.2) is 45.9 Å². The van der Waals surface area contributed by atoms with E-state index in [-0.39, 0.29) is 0 Å². The lowest BCUT2D eigenvalue weighted by Crippen LogP contribution is -2.38. The highest BCUT2D eigenvalue weighted by atomic mass is 32.1. The van der Waals surface area contributed by atoms with E-state index in [9.17, 15) is 0 Å². The first-order valence-corrected chi connectivity index (χ1v) is 9.07. The third-order valence-corrected chi connectivity index (χ3v) is 5.73. The monoisotopic (exact) mass is 355 g/mol. The Morgan fingerprint density at radius 3 is 2.76 bits per heavy atom. The molecular formula is C17H17N5O2S. The Hall–Kier alpha value is -2.45. The lowest BCUT2D eigenvalue weighted by atomic mass is 10.2. The molecule has 5 heterocycles. The number of morpholine rings is 1. The first-order chi connectivity index (χ1) is 12.2. The van der Waals surface area contributed by atoms with E-state index in [4.69, 9.17) is 24.2 Å². The number of thiophene rings is 1. The van der Waals surface area contributed by atoms with Gasteiger partial charge in [-0.1, -0.05) is 0 Å². The molecular weight excluding hydrogens is 338 g/mol. The van der Waals surface area contributed by atoms with Crippen LogP contribution in [0.5, 0.6) is 0 Å². The molecule has 0 aliphatic carbocycles. The van der Waals surface area contributed by atoms with Crippen LogP contribution in [-0.2, 0) is 4.74 Å². The number of furan rings is 1. The number of hydrogen-bond acceptors (Lipinski definition) is 7. The molecule has 1 aliphatic heterocycles. The van der Waals surface area contributed by atoms with Gasteiger partial charge in [0.05, 0.1) is 24.9 Å². The summed E-state index contributed by atoms with van der Waals surface area (Å²) in [5.74, 6) is 2.06. The van der Waals surface area contributed by atoms with Gasteiger partial charge in [-0.25, -0.2) is 9.97 Å². The summed E-state index contributed by atoms with van der Waals surface area (Å²) in [6.45, 7) is 7.23. The van der Waals surface area contributed by atoms with Crippen LogP contribution in [0.1, 0.15) is 10.4 Å². The van der Waals surface area contributed by atoms with Gasteiger partial charge in [-0.3, -0.25) is 0 Å². The molecule has 4 aromatic rings. The minimum absolute atomic E-state index is 0.581. The molecule has 0 amide bonds. The van der Waals surface area contributed by atoms with Crippen LogP contribution in [0.15, 0.2) is 22.8 Å². The van der Waals surface area contributed by atoms with Crippen LogP contribution >= 0.6 is 11.3 Å². The Balaban J connectivity index is 1.82. The molecule has 8 heteroatoms. The molecule has 0 spiro atoms. The van der Waals surface area contributed by atoms with E-state index in [0.717, 1.165) is 34.9 Å². The van der Waals surface area contributed by atoms with E-state index < -0.39 is 0 Å². The zero-order valence-electron chi connectivity index (χ0n) is 14.0. The smallest absolute Gasteiger partial charge is 0.230 e. The summed E-state index contributed by atoms with van der Waals surface area (Å²) in [4.78, 5) is 14.2. The molecule has 7 nitrogen and oxygen atoms in total. The van der Waals surface area contributed by atoms with E-state index in [1.807, 2.05) is 16.6 Å². The van der Waals surface area contributed by atoms with Crippen LogP contribution in [0.25, 0.3) is 27.4 Å². The average Bonchev–Trinajstić information content (AvgIpc) is 3.34. The zero-order chi connectivity index (χ0) is 17.0. The fourth-order valence-electron chi connectivity index (χ4n) is 3.18. The maximum atomic E-state index is 5.49. The highest BCUT2D eigenvalue weighted by Crippen LogP contribution is 2.34. The fourth-order valence-corrected chi connectivity index (χ4v) is 4.20. The predicted octanol–water partition coefficient (Wildman–Crippen LogP) is 3.05. The van der Waals surface area contributed by atoms with Gasteiger partial charge >= 0.3 is 0 Å². The lowest BCUT2D eigenvalue weighted by molar-refractivity contribution is 0.122. The van der Waals surface area contributed by atoms with Gasteiger partial charge in [-0.2, -0.15) is 4.52 Å². The minimum Gasteiger partial charge on any atom is -0.461 e. The Bertz CT molecular complexity index is 1060. The first-order valence-electron chi connectivity index (χ1n) is 8.25. The van der Waals surface area contributed by atoms with E-state index in [2.05, 4.69) is 18.7 Å². The van der Waals surface area contributed by atoms with Gasteiger partial charge in [0.25, 0.3) is 0 Å². The van der Waals surface area contributed by atoms with E-state index >= 15 is 0 Å². The first kappa shape index (κ1) is 14.9. The van der Waals surface area contributed by atoms with Gasteiger partial charge in [0.2, 0.25) is 11.8 Å². The molecule has 0 bridgehead atoms. The topological polar surface area (TPSA) is 68.7 Å². The molecule has 0 N–H and O–H groups in total. The summed E-state index contributed by atoms with van der Waals surface area (Å²) in [6, 6.07) is 3.72. The second-order valence-corrected chi connectivity index (χ2v) is 7.33.